The number of carbonyl (C=O) groups is 1. The van der Waals surface area contributed by atoms with Gasteiger partial charge in [-0.2, -0.15) is 0 Å². The third-order valence-corrected chi connectivity index (χ3v) is 5.22. The van der Waals surface area contributed by atoms with Crippen LogP contribution in [0.2, 0.25) is 5.02 Å². The summed E-state index contributed by atoms with van der Waals surface area (Å²) in [4.78, 5) is 17.4. The van der Waals surface area contributed by atoms with Gasteiger partial charge in [0.15, 0.2) is 0 Å². The van der Waals surface area contributed by atoms with Crippen molar-refractivity contribution in [2.24, 2.45) is 0 Å². The lowest BCUT2D eigenvalue weighted by molar-refractivity contribution is 0.0451. The Morgan fingerprint density at radius 3 is 2.27 bits per heavy atom. The maximum absolute atomic E-state index is 13.0. The fourth-order valence-electron chi connectivity index (χ4n) is 3.50. The number of piperazine rings is 1. The fourth-order valence-corrected chi connectivity index (χ4v) is 3.79. The minimum absolute atomic E-state index is 0.110. The van der Waals surface area contributed by atoms with Crippen molar-refractivity contribution in [2.45, 2.75) is 33.2 Å². The van der Waals surface area contributed by atoms with Crippen LogP contribution in [0.25, 0.3) is 11.1 Å². The molecular weight excluding hydrogens is 344 g/mol. The van der Waals surface area contributed by atoms with E-state index in [4.69, 9.17) is 11.6 Å². The van der Waals surface area contributed by atoms with Crippen molar-refractivity contribution in [1.29, 1.82) is 0 Å². The van der Waals surface area contributed by atoms with Gasteiger partial charge in [-0.25, -0.2) is 0 Å². The van der Waals surface area contributed by atoms with Crippen LogP contribution in [0.4, 0.5) is 0 Å². The molecule has 1 heterocycles. The predicted molar refractivity (Wildman–Crippen MR) is 109 cm³/mol. The molecule has 0 atom stereocenters. The summed E-state index contributed by atoms with van der Waals surface area (Å²) >= 11 is 6.19. The van der Waals surface area contributed by atoms with Crippen LogP contribution in [0.15, 0.2) is 42.5 Å². The van der Waals surface area contributed by atoms with E-state index in [1.54, 1.807) is 0 Å². The molecule has 0 radical (unpaired) electrons. The molecule has 3 rings (SSSR count). The Labute approximate surface area is 161 Å². The number of aryl methyl sites for hydroxylation is 1. The van der Waals surface area contributed by atoms with E-state index < -0.39 is 0 Å². The Bertz CT molecular complexity index is 782. The van der Waals surface area contributed by atoms with E-state index >= 15 is 0 Å². The molecule has 1 aliphatic rings. The zero-order valence-electron chi connectivity index (χ0n) is 16.1. The maximum Gasteiger partial charge on any atom is 0.253 e. The van der Waals surface area contributed by atoms with E-state index in [-0.39, 0.29) is 11.4 Å². The molecule has 1 saturated heterocycles. The summed E-state index contributed by atoms with van der Waals surface area (Å²) in [6, 6.07) is 13.8. The van der Waals surface area contributed by atoms with E-state index in [0.29, 0.717) is 0 Å². The highest BCUT2D eigenvalue weighted by molar-refractivity contribution is 6.31. The first-order valence-corrected chi connectivity index (χ1v) is 9.54. The van der Waals surface area contributed by atoms with Gasteiger partial charge in [-0.3, -0.25) is 9.69 Å². The summed E-state index contributed by atoms with van der Waals surface area (Å²) < 4.78 is 0. The lowest BCUT2D eigenvalue weighted by atomic mass is 10.0. The molecule has 0 spiro atoms. The van der Waals surface area contributed by atoms with Crippen LogP contribution in [0.3, 0.4) is 0 Å². The lowest BCUT2D eigenvalue weighted by Crippen LogP contribution is -2.54. The van der Waals surface area contributed by atoms with Crippen molar-refractivity contribution in [2.75, 3.05) is 26.2 Å². The van der Waals surface area contributed by atoms with E-state index in [0.717, 1.165) is 53.5 Å². The molecule has 2 aromatic rings. The first-order chi connectivity index (χ1) is 12.2. The second-order valence-electron chi connectivity index (χ2n) is 8.05. The number of halogens is 1. The Hall–Kier alpha value is -1.84. The Morgan fingerprint density at radius 2 is 1.65 bits per heavy atom. The van der Waals surface area contributed by atoms with Crippen LogP contribution >= 0.6 is 11.6 Å². The van der Waals surface area contributed by atoms with Gasteiger partial charge < -0.3 is 4.90 Å². The van der Waals surface area contributed by atoms with Crippen LogP contribution in [-0.4, -0.2) is 47.4 Å². The van der Waals surface area contributed by atoms with Crippen molar-refractivity contribution >= 4 is 17.5 Å². The number of nitrogens with zero attached hydrogens (tertiary/aromatic N) is 2. The van der Waals surface area contributed by atoms with Crippen LogP contribution in [0.5, 0.6) is 0 Å². The van der Waals surface area contributed by atoms with Gasteiger partial charge in [-0.05, 0) is 68.7 Å². The molecule has 4 heteroatoms. The van der Waals surface area contributed by atoms with Crippen molar-refractivity contribution in [3.63, 3.8) is 0 Å². The minimum atomic E-state index is 0.110. The predicted octanol–water partition coefficient (Wildman–Crippen LogP) is 4.87. The highest BCUT2D eigenvalue weighted by atomic mass is 35.5. The van der Waals surface area contributed by atoms with Gasteiger partial charge in [0.1, 0.15) is 0 Å². The zero-order chi connectivity index (χ0) is 18.9. The summed E-state index contributed by atoms with van der Waals surface area (Å²) in [5.74, 6) is 0.110. The third kappa shape index (κ3) is 4.28. The number of hydrogen-bond acceptors (Lipinski definition) is 2. The van der Waals surface area contributed by atoms with Gasteiger partial charge in [-0.1, -0.05) is 29.8 Å². The van der Waals surface area contributed by atoms with Gasteiger partial charge in [0.05, 0.1) is 0 Å². The average molecular weight is 371 g/mol. The fraction of sp³-hybridized carbons (Fsp3) is 0.409. The second kappa shape index (κ2) is 7.42. The van der Waals surface area contributed by atoms with Gasteiger partial charge in [0.25, 0.3) is 5.91 Å². The summed E-state index contributed by atoms with van der Waals surface area (Å²) in [5, 5.41) is 0.718. The van der Waals surface area contributed by atoms with Crippen LogP contribution in [0.1, 0.15) is 36.7 Å². The standard InChI is InChI=1S/C22H27ClN2O/c1-16-12-19(15-20(23)13-16)17-6-5-7-18(14-17)21(26)24-8-10-25(11-9-24)22(2,3)4/h5-7,12-15H,8-11H2,1-4H3. The molecule has 1 aliphatic heterocycles. The topological polar surface area (TPSA) is 23.6 Å². The van der Waals surface area contributed by atoms with E-state index in [1.165, 1.54) is 0 Å². The molecule has 1 amide bonds. The molecule has 138 valence electrons. The number of hydrogen-bond donors (Lipinski definition) is 0. The summed E-state index contributed by atoms with van der Waals surface area (Å²) in [5.41, 5.74) is 4.07. The average Bonchev–Trinajstić information content (AvgIpc) is 2.60. The van der Waals surface area contributed by atoms with Crippen molar-refractivity contribution < 1.29 is 4.79 Å². The molecular formula is C22H27ClN2O. The first-order valence-electron chi connectivity index (χ1n) is 9.16. The zero-order valence-corrected chi connectivity index (χ0v) is 16.8. The Kier molecular flexibility index (Phi) is 5.40. The molecule has 0 N–H and O–H groups in total. The molecule has 0 bridgehead atoms. The van der Waals surface area contributed by atoms with E-state index in [9.17, 15) is 4.79 Å². The number of benzene rings is 2. The molecule has 3 nitrogen and oxygen atoms in total. The maximum atomic E-state index is 13.0. The van der Waals surface area contributed by atoms with Gasteiger partial charge >= 0.3 is 0 Å². The summed E-state index contributed by atoms with van der Waals surface area (Å²) in [6.45, 7) is 12.1. The smallest absolute Gasteiger partial charge is 0.253 e. The van der Waals surface area contributed by atoms with Crippen LogP contribution in [0, 0.1) is 6.92 Å². The lowest BCUT2D eigenvalue weighted by Gasteiger charge is -2.42. The Balaban J connectivity index is 1.77. The highest BCUT2D eigenvalue weighted by Gasteiger charge is 2.28. The third-order valence-electron chi connectivity index (χ3n) is 5.00. The summed E-state index contributed by atoms with van der Waals surface area (Å²) in [6.07, 6.45) is 0. The molecule has 0 saturated carbocycles. The van der Waals surface area contributed by atoms with Crippen molar-refractivity contribution in [3.05, 3.63) is 58.6 Å². The number of amides is 1. The van der Waals surface area contributed by atoms with Gasteiger partial charge in [0.2, 0.25) is 0 Å². The van der Waals surface area contributed by atoms with Crippen molar-refractivity contribution in [3.8, 4) is 11.1 Å². The van der Waals surface area contributed by atoms with E-state index in [2.05, 4.69) is 31.7 Å². The normalized spacial score (nSPS) is 16.0. The molecule has 1 fully saturated rings. The molecule has 0 aliphatic carbocycles. The molecule has 0 unspecified atom stereocenters. The molecule has 0 aromatic heterocycles. The SMILES string of the molecule is Cc1cc(Cl)cc(-c2cccc(C(=O)N3CCN(C(C)(C)C)CC3)c2)c1. The molecule has 26 heavy (non-hydrogen) atoms. The van der Waals surface area contributed by atoms with Crippen LogP contribution in [-0.2, 0) is 0 Å². The largest absolute Gasteiger partial charge is 0.336 e. The van der Waals surface area contributed by atoms with Gasteiger partial charge in [0, 0.05) is 42.3 Å². The van der Waals surface area contributed by atoms with E-state index in [1.807, 2.05) is 48.2 Å². The minimum Gasteiger partial charge on any atom is -0.336 e. The Morgan fingerprint density at radius 1 is 0.962 bits per heavy atom. The highest BCUT2D eigenvalue weighted by Crippen LogP contribution is 2.26. The summed E-state index contributed by atoms with van der Waals surface area (Å²) in [7, 11) is 0. The van der Waals surface area contributed by atoms with Crippen LogP contribution < -0.4 is 0 Å². The van der Waals surface area contributed by atoms with Crippen molar-refractivity contribution in [1.82, 2.24) is 9.80 Å². The monoisotopic (exact) mass is 370 g/mol. The number of rotatable bonds is 2. The first kappa shape index (κ1) is 18.9. The second-order valence-corrected chi connectivity index (χ2v) is 8.48. The van der Waals surface area contributed by atoms with Gasteiger partial charge in [-0.15, -0.1) is 0 Å². The quantitative estimate of drug-likeness (QED) is 0.752. The number of carbonyl (C=O) groups excluding carboxylic acids is 1. The molecule has 2 aromatic carbocycles.